The number of rotatable bonds is 5. The van der Waals surface area contributed by atoms with Gasteiger partial charge in [0.05, 0.1) is 0 Å². The molecule has 0 radical (unpaired) electrons. The van der Waals surface area contributed by atoms with Gasteiger partial charge < -0.3 is 15.4 Å². The van der Waals surface area contributed by atoms with Gasteiger partial charge in [-0.1, -0.05) is 13.8 Å². The SMILES string of the molecule is CCC(C)(OC)C(=O)NCC1CNCCC1C. The summed E-state index contributed by atoms with van der Waals surface area (Å²) in [6.45, 7) is 8.89. The third-order valence-electron chi connectivity index (χ3n) is 4.12. The fourth-order valence-corrected chi connectivity index (χ4v) is 2.14. The van der Waals surface area contributed by atoms with E-state index in [0.717, 1.165) is 19.6 Å². The molecule has 1 amide bonds. The molecule has 2 N–H and O–H groups in total. The molecule has 4 nitrogen and oxygen atoms in total. The summed E-state index contributed by atoms with van der Waals surface area (Å²) in [4.78, 5) is 12.0. The molecule has 3 atom stereocenters. The molecule has 1 saturated heterocycles. The number of methoxy groups -OCH3 is 1. The number of hydrogen-bond donors (Lipinski definition) is 2. The van der Waals surface area contributed by atoms with Crippen LogP contribution in [-0.2, 0) is 9.53 Å². The minimum atomic E-state index is -0.689. The van der Waals surface area contributed by atoms with E-state index in [1.54, 1.807) is 7.11 Å². The van der Waals surface area contributed by atoms with Gasteiger partial charge in [0.1, 0.15) is 5.60 Å². The van der Waals surface area contributed by atoms with Gasteiger partial charge in [0.15, 0.2) is 0 Å². The molecule has 1 rings (SSSR count). The summed E-state index contributed by atoms with van der Waals surface area (Å²) in [5.74, 6) is 1.21. The second-order valence-electron chi connectivity index (χ2n) is 5.23. The highest BCUT2D eigenvalue weighted by atomic mass is 16.5. The van der Waals surface area contributed by atoms with Crippen LogP contribution in [-0.4, -0.2) is 38.3 Å². The maximum Gasteiger partial charge on any atom is 0.251 e. The molecule has 0 aromatic carbocycles. The average molecular weight is 242 g/mol. The Hall–Kier alpha value is -0.610. The molecule has 0 bridgehead atoms. The highest BCUT2D eigenvalue weighted by molar-refractivity contribution is 5.84. The molecule has 3 unspecified atom stereocenters. The van der Waals surface area contributed by atoms with E-state index >= 15 is 0 Å². The Morgan fingerprint density at radius 2 is 2.29 bits per heavy atom. The largest absolute Gasteiger partial charge is 0.369 e. The summed E-state index contributed by atoms with van der Waals surface area (Å²) in [6.07, 6.45) is 1.88. The molecule has 100 valence electrons. The lowest BCUT2D eigenvalue weighted by Crippen LogP contribution is -2.49. The third-order valence-corrected chi connectivity index (χ3v) is 4.12. The molecule has 4 heteroatoms. The molecule has 1 heterocycles. The van der Waals surface area contributed by atoms with E-state index in [0.29, 0.717) is 18.3 Å². The van der Waals surface area contributed by atoms with Gasteiger partial charge in [0.25, 0.3) is 5.91 Å². The molecule has 1 aliphatic rings. The van der Waals surface area contributed by atoms with Crippen LogP contribution in [0.1, 0.15) is 33.6 Å². The maximum atomic E-state index is 12.0. The zero-order chi connectivity index (χ0) is 12.9. The maximum absolute atomic E-state index is 12.0. The molecule has 0 saturated carbocycles. The fourth-order valence-electron chi connectivity index (χ4n) is 2.14. The predicted molar refractivity (Wildman–Crippen MR) is 68.9 cm³/mol. The van der Waals surface area contributed by atoms with Crippen molar-refractivity contribution in [3.63, 3.8) is 0 Å². The number of piperidine rings is 1. The molecular formula is C13H26N2O2. The van der Waals surface area contributed by atoms with Gasteiger partial charge in [0.2, 0.25) is 0 Å². The summed E-state index contributed by atoms with van der Waals surface area (Å²) < 4.78 is 5.29. The molecule has 1 aliphatic heterocycles. The smallest absolute Gasteiger partial charge is 0.251 e. The van der Waals surface area contributed by atoms with Gasteiger partial charge in [-0.15, -0.1) is 0 Å². The van der Waals surface area contributed by atoms with Crippen molar-refractivity contribution in [1.29, 1.82) is 0 Å². The first kappa shape index (κ1) is 14.5. The average Bonchev–Trinajstić information content (AvgIpc) is 2.36. The van der Waals surface area contributed by atoms with Crippen LogP contribution in [0.2, 0.25) is 0 Å². The number of hydrogen-bond acceptors (Lipinski definition) is 3. The van der Waals surface area contributed by atoms with E-state index in [-0.39, 0.29) is 5.91 Å². The van der Waals surface area contributed by atoms with Gasteiger partial charge >= 0.3 is 0 Å². The summed E-state index contributed by atoms with van der Waals surface area (Å²) in [5.41, 5.74) is -0.689. The van der Waals surface area contributed by atoms with Crippen molar-refractivity contribution in [2.75, 3.05) is 26.7 Å². The van der Waals surface area contributed by atoms with Crippen LogP contribution in [0.15, 0.2) is 0 Å². The summed E-state index contributed by atoms with van der Waals surface area (Å²) in [5, 5.41) is 6.39. The van der Waals surface area contributed by atoms with Gasteiger partial charge in [0, 0.05) is 13.7 Å². The second-order valence-corrected chi connectivity index (χ2v) is 5.23. The Bertz CT molecular complexity index is 252. The number of amides is 1. The molecule has 0 aromatic rings. The number of ether oxygens (including phenoxy) is 1. The van der Waals surface area contributed by atoms with Crippen LogP contribution in [0.5, 0.6) is 0 Å². The zero-order valence-electron chi connectivity index (χ0n) is 11.5. The third kappa shape index (κ3) is 3.68. The highest BCUT2D eigenvalue weighted by Gasteiger charge is 2.31. The number of carbonyl (C=O) groups excluding carboxylic acids is 1. The van der Waals surface area contributed by atoms with Crippen molar-refractivity contribution in [1.82, 2.24) is 10.6 Å². The minimum Gasteiger partial charge on any atom is -0.369 e. The lowest BCUT2D eigenvalue weighted by atomic mass is 9.88. The van der Waals surface area contributed by atoms with Gasteiger partial charge in [-0.25, -0.2) is 0 Å². The van der Waals surface area contributed by atoms with Crippen LogP contribution in [0.25, 0.3) is 0 Å². The first-order chi connectivity index (χ1) is 8.03. The Kier molecular flexibility index (Phi) is 5.40. The predicted octanol–water partition coefficient (Wildman–Crippen LogP) is 1.16. The van der Waals surface area contributed by atoms with Gasteiger partial charge in [-0.2, -0.15) is 0 Å². The normalized spacial score (nSPS) is 28.5. The first-order valence-electron chi connectivity index (χ1n) is 6.57. The molecule has 0 aliphatic carbocycles. The topological polar surface area (TPSA) is 50.4 Å². The number of carbonyl (C=O) groups is 1. The van der Waals surface area contributed by atoms with Crippen LogP contribution in [0, 0.1) is 11.8 Å². The second kappa shape index (κ2) is 6.36. The molecular weight excluding hydrogens is 216 g/mol. The standard InChI is InChI=1S/C13H26N2O2/c1-5-13(3,17-4)12(16)15-9-11-8-14-7-6-10(11)2/h10-11,14H,5-9H2,1-4H3,(H,15,16). The Balaban J connectivity index is 2.41. The van der Waals surface area contributed by atoms with Crippen LogP contribution in [0.3, 0.4) is 0 Å². The van der Waals surface area contributed by atoms with E-state index in [2.05, 4.69) is 17.6 Å². The fraction of sp³-hybridized carbons (Fsp3) is 0.923. The molecule has 0 spiro atoms. The van der Waals surface area contributed by atoms with Crippen molar-refractivity contribution in [3.8, 4) is 0 Å². The Morgan fingerprint density at radius 3 is 2.82 bits per heavy atom. The van der Waals surface area contributed by atoms with Gasteiger partial charge in [-0.3, -0.25) is 4.79 Å². The minimum absolute atomic E-state index is 0.000253. The summed E-state index contributed by atoms with van der Waals surface area (Å²) in [7, 11) is 1.59. The Morgan fingerprint density at radius 1 is 1.59 bits per heavy atom. The van der Waals surface area contributed by atoms with Crippen LogP contribution in [0.4, 0.5) is 0 Å². The lowest BCUT2D eigenvalue weighted by molar-refractivity contribution is -0.142. The molecule has 0 aromatic heterocycles. The highest BCUT2D eigenvalue weighted by Crippen LogP contribution is 2.18. The van der Waals surface area contributed by atoms with Crippen molar-refractivity contribution < 1.29 is 9.53 Å². The molecule has 1 fully saturated rings. The first-order valence-corrected chi connectivity index (χ1v) is 6.57. The molecule has 17 heavy (non-hydrogen) atoms. The van der Waals surface area contributed by atoms with Gasteiger partial charge in [-0.05, 0) is 44.7 Å². The van der Waals surface area contributed by atoms with Crippen molar-refractivity contribution >= 4 is 5.91 Å². The number of nitrogens with one attached hydrogen (secondary N) is 2. The van der Waals surface area contributed by atoms with Crippen molar-refractivity contribution in [2.45, 2.75) is 39.2 Å². The van der Waals surface area contributed by atoms with E-state index in [4.69, 9.17) is 4.74 Å². The monoisotopic (exact) mass is 242 g/mol. The van der Waals surface area contributed by atoms with Crippen LogP contribution >= 0.6 is 0 Å². The van der Waals surface area contributed by atoms with E-state index < -0.39 is 5.60 Å². The van der Waals surface area contributed by atoms with E-state index in [1.807, 2.05) is 13.8 Å². The van der Waals surface area contributed by atoms with E-state index in [1.165, 1.54) is 6.42 Å². The lowest BCUT2D eigenvalue weighted by Gasteiger charge is -2.31. The van der Waals surface area contributed by atoms with Crippen molar-refractivity contribution in [3.05, 3.63) is 0 Å². The van der Waals surface area contributed by atoms with Crippen molar-refractivity contribution in [2.24, 2.45) is 11.8 Å². The summed E-state index contributed by atoms with van der Waals surface area (Å²) in [6, 6.07) is 0. The zero-order valence-corrected chi connectivity index (χ0v) is 11.5. The quantitative estimate of drug-likeness (QED) is 0.761. The van der Waals surface area contributed by atoms with E-state index in [9.17, 15) is 4.79 Å². The Labute approximate surface area is 104 Å². The van der Waals surface area contributed by atoms with Crippen LogP contribution < -0.4 is 10.6 Å². The summed E-state index contributed by atoms with van der Waals surface area (Å²) >= 11 is 0.